The minimum absolute atomic E-state index is 0.229. The molecule has 3 aromatic rings. The second-order valence-electron chi connectivity index (χ2n) is 10.7. The first-order valence-corrected chi connectivity index (χ1v) is 12.6. The quantitative estimate of drug-likeness (QED) is 0.415. The Morgan fingerprint density at radius 1 is 1.00 bits per heavy atom. The molecule has 0 spiro atoms. The number of carboxylic acid groups (broad SMARTS) is 1. The Hall–Kier alpha value is -3.08. The number of aromatic carboxylic acids is 1. The van der Waals surface area contributed by atoms with Crippen molar-refractivity contribution < 1.29 is 19.2 Å². The van der Waals surface area contributed by atoms with Crippen molar-refractivity contribution in [1.82, 2.24) is 5.16 Å². The Labute approximate surface area is 200 Å². The molecule has 0 amide bonds. The van der Waals surface area contributed by atoms with Gasteiger partial charge < -0.3 is 14.4 Å². The van der Waals surface area contributed by atoms with Gasteiger partial charge in [0.2, 0.25) is 0 Å². The van der Waals surface area contributed by atoms with Crippen LogP contribution in [0.15, 0.2) is 53.1 Å². The summed E-state index contributed by atoms with van der Waals surface area (Å²) in [4.78, 5) is 11.1. The van der Waals surface area contributed by atoms with Crippen LogP contribution in [0.25, 0.3) is 22.6 Å². The van der Waals surface area contributed by atoms with Crippen LogP contribution in [0, 0.1) is 17.8 Å². The van der Waals surface area contributed by atoms with Crippen LogP contribution in [0.3, 0.4) is 0 Å². The molecular weight excluding hydrogens is 426 g/mol. The summed E-state index contributed by atoms with van der Waals surface area (Å²) in [6.45, 7) is 2.89. The Kier molecular flexibility index (Phi) is 5.23. The molecule has 7 rings (SSSR count). The maximum absolute atomic E-state index is 11.1. The zero-order valence-corrected chi connectivity index (χ0v) is 19.6. The van der Waals surface area contributed by atoms with Crippen molar-refractivity contribution in [3.63, 3.8) is 0 Å². The summed E-state index contributed by atoms with van der Waals surface area (Å²) < 4.78 is 11.9. The summed E-state index contributed by atoms with van der Waals surface area (Å²) in [7, 11) is 0. The molecule has 0 aliphatic heterocycles. The fraction of sp³-hybridized carbons (Fsp3) is 0.448. The van der Waals surface area contributed by atoms with Gasteiger partial charge in [-0.25, -0.2) is 4.79 Å². The van der Waals surface area contributed by atoms with Gasteiger partial charge >= 0.3 is 5.97 Å². The molecule has 2 aromatic carbocycles. The number of aromatic nitrogens is 1. The van der Waals surface area contributed by atoms with Crippen LogP contribution >= 0.6 is 0 Å². The van der Waals surface area contributed by atoms with E-state index in [1.807, 2.05) is 6.07 Å². The van der Waals surface area contributed by atoms with Gasteiger partial charge in [-0.1, -0.05) is 24.2 Å². The highest BCUT2D eigenvalue weighted by atomic mass is 16.5. The van der Waals surface area contributed by atoms with Crippen molar-refractivity contribution in [2.45, 2.75) is 57.3 Å². The summed E-state index contributed by atoms with van der Waals surface area (Å²) in [5, 5.41) is 13.5. The van der Waals surface area contributed by atoms with Crippen LogP contribution in [-0.4, -0.2) is 22.8 Å². The van der Waals surface area contributed by atoms with E-state index in [0.717, 1.165) is 53.4 Å². The van der Waals surface area contributed by atoms with E-state index in [2.05, 4.69) is 30.3 Å². The lowest BCUT2D eigenvalue weighted by molar-refractivity contribution is -0.00636. The lowest BCUT2D eigenvalue weighted by Crippen LogP contribution is -2.48. The maximum Gasteiger partial charge on any atom is 0.335 e. The Morgan fingerprint density at radius 3 is 2.26 bits per heavy atom. The van der Waals surface area contributed by atoms with Crippen molar-refractivity contribution in [2.75, 3.05) is 6.61 Å². The van der Waals surface area contributed by atoms with Crippen LogP contribution in [0.2, 0.25) is 0 Å². The van der Waals surface area contributed by atoms with Crippen molar-refractivity contribution in [3.05, 3.63) is 59.7 Å². The normalized spacial score (nSPS) is 27.1. The first-order chi connectivity index (χ1) is 16.5. The summed E-state index contributed by atoms with van der Waals surface area (Å²) in [5.41, 5.74) is 4.51. The number of nitrogens with zero attached hydrogens (tertiary/aromatic N) is 1. The zero-order chi connectivity index (χ0) is 23.3. The minimum atomic E-state index is -0.938. The third kappa shape index (κ3) is 3.71. The van der Waals surface area contributed by atoms with Crippen LogP contribution < -0.4 is 4.74 Å². The Balaban J connectivity index is 1.35. The molecule has 1 heterocycles. The molecule has 0 radical (unpaired) electrons. The molecule has 34 heavy (non-hydrogen) atoms. The highest BCUT2D eigenvalue weighted by molar-refractivity contribution is 5.88. The third-order valence-electron chi connectivity index (χ3n) is 8.27. The molecule has 4 aliphatic rings. The van der Waals surface area contributed by atoms with Gasteiger partial charge in [0.15, 0.2) is 5.76 Å². The van der Waals surface area contributed by atoms with E-state index in [9.17, 15) is 4.79 Å². The van der Waals surface area contributed by atoms with E-state index in [1.165, 1.54) is 44.1 Å². The lowest BCUT2D eigenvalue weighted by atomic mass is 9.48. The van der Waals surface area contributed by atoms with Crippen molar-refractivity contribution >= 4 is 5.97 Å². The predicted octanol–water partition coefficient (Wildman–Crippen LogP) is 6.96. The second kappa shape index (κ2) is 8.30. The smallest absolute Gasteiger partial charge is 0.335 e. The minimum Gasteiger partial charge on any atom is -0.493 e. The van der Waals surface area contributed by atoms with Gasteiger partial charge in [-0.05, 0) is 98.4 Å². The van der Waals surface area contributed by atoms with Gasteiger partial charge in [0.05, 0.1) is 12.2 Å². The highest BCUT2D eigenvalue weighted by Crippen LogP contribution is 2.62. The van der Waals surface area contributed by atoms with Gasteiger partial charge in [0.1, 0.15) is 11.4 Å². The number of benzene rings is 2. The molecule has 0 saturated heterocycles. The summed E-state index contributed by atoms with van der Waals surface area (Å²) in [6, 6.07) is 15.2. The largest absolute Gasteiger partial charge is 0.493 e. The van der Waals surface area contributed by atoms with Crippen LogP contribution in [0.1, 0.15) is 67.8 Å². The molecule has 5 nitrogen and oxygen atoms in total. The average molecular weight is 458 g/mol. The van der Waals surface area contributed by atoms with Gasteiger partial charge in [-0.15, -0.1) is 0 Å². The van der Waals surface area contributed by atoms with Crippen molar-refractivity contribution in [2.24, 2.45) is 17.8 Å². The van der Waals surface area contributed by atoms with E-state index in [1.54, 1.807) is 24.3 Å². The van der Waals surface area contributed by atoms with E-state index in [0.29, 0.717) is 5.76 Å². The summed E-state index contributed by atoms with van der Waals surface area (Å²) in [5.74, 6) is 3.33. The molecule has 4 bridgehead atoms. The van der Waals surface area contributed by atoms with Gasteiger partial charge in [-0.3, -0.25) is 0 Å². The van der Waals surface area contributed by atoms with Crippen LogP contribution in [0.5, 0.6) is 5.75 Å². The number of hydrogen-bond acceptors (Lipinski definition) is 4. The van der Waals surface area contributed by atoms with Gasteiger partial charge in [0, 0.05) is 22.8 Å². The van der Waals surface area contributed by atoms with Crippen molar-refractivity contribution in [3.8, 4) is 28.3 Å². The predicted molar refractivity (Wildman–Crippen MR) is 130 cm³/mol. The topological polar surface area (TPSA) is 72.6 Å². The fourth-order valence-corrected chi connectivity index (χ4v) is 7.21. The average Bonchev–Trinajstić information content (AvgIpc) is 3.32. The maximum atomic E-state index is 11.1. The number of carbonyl (C=O) groups is 1. The molecule has 4 aliphatic carbocycles. The monoisotopic (exact) mass is 457 g/mol. The molecular formula is C29H31NO4. The van der Waals surface area contributed by atoms with E-state index in [4.69, 9.17) is 14.4 Å². The van der Waals surface area contributed by atoms with Crippen LogP contribution in [0.4, 0.5) is 0 Å². The van der Waals surface area contributed by atoms with E-state index >= 15 is 0 Å². The first-order valence-electron chi connectivity index (χ1n) is 12.6. The number of ether oxygens (including phenoxy) is 1. The Bertz CT molecular complexity index is 1170. The zero-order valence-electron chi connectivity index (χ0n) is 19.6. The molecule has 0 unspecified atom stereocenters. The van der Waals surface area contributed by atoms with Crippen molar-refractivity contribution in [1.29, 1.82) is 0 Å². The molecule has 0 atom stereocenters. The standard InChI is InChI=1S/C29H31NO4/c1-2-9-33-26-8-7-23(13-24(26)29-15-18-10-19(16-29)12-20(11-18)17-29)25-14-27(34-30-25)21-3-5-22(6-4-21)28(31)32/h3-8,13-14,18-20H,2,9-12,15-17H2,1H3,(H,31,32). The molecule has 5 heteroatoms. The number of hydrogen-bond donors (Lipinski definition) is 1. The molecule has 4 saturated carbocycles. The van der Waals surface area contributed by atoms with E-state index < -0.39 is 5.97 Å². The lowest BCUT2D eigenvalue weighted by Gasteiger charge is -2.57. The van der Waals surface area contributed by atoms with Crippen LogP contribution in [-0.2, 0) is 5.41 Å². The van der Waals surface area contributed by atoms with E-state index in [-0.39, 0.29) is 11.0 Å². The Morgan fingerprint density at radius 2 is 1.65 bits per heavy atom. The fourth-order valence-electron chi connectivity index (χ4n) is 7.21. The molecule has 176 valence electrons. The summed E-state index contributed by atoms with van der Waals surface area (Å²) in [6.07, 6.45) is 9.09. The highest BCUT2D eigenvalue weighted by Gasteiger charge is 2.52. The molecule has 1 aromatic heterocycles. The van der Waals surface area contributed by atoms with Gasteiger partial charge in [-0.2, -0.15) is 0 Å². The molecule has 4 fully saturated rings. The second-order valence-corrected chi connectivity index (χ2v) is 10.7. The number of rotatable bonds is 7. The van der Waals surface area contributed by atoms with Gasteiger partial charge in [0.25, 0.3) is 0 Å². The first kappa shape index (κ1) is 21.5. The summed E-state index contributed by atoms with van der Waals surface area (Å²) >= 11 is 0. The SMILES string of the molecule is CCCOc1ccc(-c2cc(-c3ccc(C(=O)O)cc3)on2)cc1C12CC3CC(CC(C3)C1)C2. The third-order valence-corrected chi connectivity index (χ3v) is 8.27. The number of carboxylic acids is 1. The molecule has 1 N–H and O–H groups in total.